The molecule has 0 rings (SSSR count). The summed E-state index contributed by atoms with van der Waals surface area (Å²) in [6.07, 6.45) is 16.9. The van der Waals surface area contributed by atoms with E-state index in [2.05, 4.69) is 6.92 Å². The molecule has 0 aliphatic heterocycles. The van der Waals surface area contributed by atoms with Crippen LogP contribution in [0.3, 0.4) is 0 Å². The van der Waals surface area contributed by atoms with Crippen LogP contribution in [0.1, 0.15) is 104 Å². The monoisotopic (exact) mass is 377 g/mol. The van der Waals surface area contributed by atoms with Crippen LogP contribution in [0.4, 0.5) is 0 Å². The largest absolute Gasteiger partial charge is 0.464 e. The molecule has 0 fully saturated rings. The Morgan fingerprint density at radius 3 is 1.56 bits per heavy atom. The Morgan fingerprint density at radius 1 is 0.760 bits per heavy atom. The molecule has 2 N–H and O–H groups in total. The highest BCUT2D eigenvalue weighted by molar-refractivity contribution is 6.02. The molecule has 0 heterocycles. The van der Waals surface area contributed by atoms with Gasteiger partial charge in [-0.1, -0.05) is 84.0 Å². The molecule has 150 valence electrons. The second kappa shape index (κ2) is 19.7. The third-order valence-electron chi connectivity index (χ3n) is 4.41. The highest BCUT2D eigenvalue weighted by Gasteiger charge is 2.22. The third-order valence-corrected chi connectivity index (χ3v) is 4.41. The SMILES string of the molecule is CCCCCCCCCCCCCCCC(=O)C(N)C(=O)OCC.Cl. The molecule has 0 aliphatic rings. The topological polar surface area (TPSA) is 69.4 Å². The van der Waals surface area contributed by atoms with Crippen molar-refractivity contribution in [2.75, 3.05) is 6.61 Å². The van der Waals surface area contributed by atoms with E-state index in [0.29, 0.717) is 6.42 Å². The summed E-state index contributed by atoms with van der Waals surface area (Å²) in [5.74, 6) is -0.797. The number of halogens is 1. The fourth-order valence-corrected chi connectivity index (χ4v) is 2.84. The second-order valence-electron chi connectivity index (χ2n) is 6.69. The van der Waals surface area contributed by atoms with Crippen molar-refractivity contribution in [3.05, 3.63) is 0 Å². The average Bonchev–Trinajstić information content (AvgIpc) is 2.58. The van der Waals surface area contributed by atoms with Crippen molar-refractivity contribution in [1.82, 2.24) is 0 Å². The van der Waals surface area contributed by atoms with Crippen LogP contribution in [0.5, 0.6) is 0 Å². The van der Waals surface area contributed by atoms with Gasteiger partial charge in [-0.25, -0.2) is 4.79 Å². The minimum atomic E-state index is -1.10. The van der Waals surface area contributed by atoms with E-state index < -0.39 is 12.0 Å². The van der Waals surface area contributed by atoms with E-state index in [1.54, 1.807) is 6.92 Å². The van der Waals surface area contributed by atoms with Crippen LogP contribution < -0.4 is 5.73 Å². The molecule has 4 nitrogen and oxygen atoms in total. The molecule has 0 saturated carbocycles. The first kappa shape index (κ1) is 26.6. The lowest BCUT2D eigenvalue weighted by atomic mass is 10.0. The summed E-state index contributed by atoms with van der Waals surface area (Å²) in [6.45, 7) is 4.23. The summed E-state index contributed by atoms with van der Waals surface area (Å²) in [7, 11) is 0. The maximum Gasteiger partial charge on any atom is 0.330 e. The molecule has 0 aromatic carbocycles. The van der Waals surface area contributed by atoms with Crippen LogP contribution in [0, 0.1) is 0 Å². The number of nitrogens with two attached hydrogens (primary N) is 1. The van der Waals surface area contributed by atoms with Gasteiger partial charge in [0.25, 0.3) is 0 Å². The molecule has 0 amide bonds. The van der Waals surface area contributed by atoms with Crippen molar-refractivity contribution in [1.29, 1.82) is 0 Å². The lowest BCUT2D eigenvalue weighted by Gasteiger charge is -2.09. The predicted octanol–water partition coefficient (Wildman–Crippen LogP) is 5.35. The zero-order valence-corrected chi connectivity index (χ0v) is 17.2. The van der Waals surface area contributed by atoms with E-state index in [1.807, 2.05) is 0 Å². The van der Waals surface area contributed by atoms with Crippen LogP contribution in [0.15, 0.2) is 0 Å². The minimum Gasteiger partial charge on any atom is -0.464 e. The molecule has 1 unspecified atom stereocenters. The zero-order chi connectivity index (χ0) is 18.0. The Hall–Kier alpha value is -0.610. The fraction of sp³-hybridized carbons (Fsp3) is 0.900. The molecule has 0 aromatic heterocycles. The number of esters is 1. The van der Waals surface area contributed by atoms with E-state index in [4.69, 9.17) is 10.5 Å². The van der Waals surface area contributed by atoms with Crippen molar-refractivity contribution in [3.8, 4) is 0 Å². The van der Waals surface area contributed by atoms with Crippen LogP contribution >= 0.6 is 12.4 Å². The second-order valence-corrected chi connectivity index (χ2v) is 6.69. The normalized spacial score (nSPS) is 11.6. The Kier molecular flexibility index (Phi) is 21.0. The van der Waals surface area contributed by atoms with Gasteiger partial charge in [-0.3, -0.25) is 4.79 Å². The molecule has 5 heteroatoms. The molecule has 0 aliphatic carbocycles. The van der Waals surface area contributed by atoms with Gasteiger partial charge >= 0.3 is 5.97 Å². The minimum absolute atomic E-state index is 0. The fourth-order valence-electron chi connectivity index (χ4n) is 2.84. The molecule has 0 spiro atoms. The first-order chi connectivity index (χ1) is 11.6. The summed E-state index contributed by atoms with van der Waals surface area (Å²) in [5, 5.41) is 0. The quantitative estimate of drug-likeness (QED) is 0.211. The number of Topliss-reactive ketones (excluding diaryl/α,β-unsaturated/α-hetero) is 1. The number of rotatable bonds is 17. The predicted molar refractivity (Wildman–Crippen MR) is 107 cm³/mol. The summed E-state index contributed by atoms with van der Waals surface area (Å²) in [6, 6.07) is -1.10. The zero-order valence-electron chi connectivity index (χ0n) is 16.4. The van der Waals surface area contributed by atoms with Gasteiger partial charge in [-0.05, 0) is 13.3 Å². The molecule has 0 bridgehead atoms. The summed E-state index contributed by atoms with van der Waals surface area (Å²) in [4.78, 5) is 23.1. The van der Waals surface area contributed by atoms with Gasteiger partial charge < -0.3 is 10.5 Å². The number of carbonyl (C=O) groups is 2. The number of carbonyl (C=O) groups excluding carboxylic acids is 2. The maximum atomic E-state index is 11.7. The van der Waals surface area contributed by atoms with Crippen molar-refractivity contribution >= 4 is 24.2 Å². The Labute approximate surface area is 161 Å². The maximum absolute atomic E-state index is 11.7. The van der Waals surface area contributed by atoms with E-state index in [-0.39, 0.29) is 24.8 Å². The summed E-state index contributed by atoms with van der Waals surface area (Å²) in [5.41, 5.74) is 5.57. The van der Waals surface area contributed by atoms with Gasteiger partial charge in [0, 0.05) is 6.42 Å². The van der Waals surface area contributed by atoms with Crippen LogP contribution in [0.25, 0.3) is 0 Å². The molecule has 25 heavy (non-hydrogen) atoms. The lowest BCUT2D eigenvalue weighted by molar-refractivity contribution is -0.147. The van der Waals surface area contributed by atoms with Gasteiger partial charge in [0.15, 0.2) is 11.8 Å². The average molecular weight is 378 g/mol. The van der Waals surface area contributed by atoms with Crippen LogP contribution in [0.2, 0.25) is 0 Å². The molecule has 1 atom stereocenters. The molecule has 0 saturated heterocycles. The Bertz CT molecular complexity index is 324. The number of hydrogen-bond donors (Lipinski definition) is 1. The van der Waals surface area contributed by atoms with Gasteiger partial charge in [-0.15, -0.1) is 12.4 Å². The van der Waals surface area contributed by atoms with Gasteiger partial charge in [-0.2, -0.15) is 0 Å². The van der Waals surface area contributed by atoms with E-state index in [1.165, 1.54) is 70.6 Å². The highest BCUT2D eigenvalue weighted by atomic mass is 35.5. The van der Waals surface area contributed by atoms with Crippen molar-refractivity contribution in [2.24, 2.45) is 5.73 Å². The van der Waals surface area contributed by atoms with Gasteiger partial charge in [0.1, 0.15) is 0 Å². The van der Waals surface area contributed by atoms with Crippen molar-refractivity contribution < 1.29 is 14.3 Å². The van der Waals surface area contributed by atoms with E-state index in [9.17, 15) is 9.59 Å². The summed E-state index contributed by atoms with van der Waals surface area (Å²) >= 11 is 0. The standard InChI is InChI=1S/C20H39NO3.ClH/c1-3-5-6-7-8-9-10-11-12-13-14-15-16-17-18(22)19(21)20(23)24-4-2;/h19H,3-17,21H2,1-2H3;1H. The lowest BCUT2D eigenvalue weighted by Crippen LogP contribution is -2.39. The number of unbranched alkanes of at least 4 members (excludes halogenated alkanes) is 12. The molecular formula is C20H40ClNO3. The number of ketones is 1. The Balaban J connectivity index is 0. The van der Waals surface area contributed by atoms with Crippen LogP contribution in [-0.4, -0.2) is 24.4 Å². The molecule has 0 radical (unpaired) electrons. The van der Waals surface area contributed by atoms with E-state index in [0.717, 1.165) is 12.8 Å². The molecule has 0 aromatic rings. The molecular weight excluding hydrogens is 338 g/mol. The third kappa shape index (κ3) is 16.6. The van der Waals surface area contributed by atoms with Crippen molar-refractivity contribution in [2.45, 2.75) is 110 Å². The Morgan fingerprint density at radius 2 is 1.16 bits per heavy atom. The van der Waals surface area contributed by atoms with Crippen LogP contribution in [-0.2, 0) is 14.3 Å². The van der Waals surface area contributed by atoms with E-state index >= 15 is 0 Å². The first-order valence-electron chi connectivity index (χ1n) is 10.1. The van der Waals surface area contributed by atoms with Gasteiger partial charge in [0.2, 0.25) is 0 Å². The smallest absolute Gasteiger partial charge is 0.330 e. The number of ether oxygens (including phenoxy) is 1. The number of hydrogen-bond acceptors (Lipinski definition) is 4. The first-order valence-corrected chi connectivity index (χ1v) is 10.1. The summed E-state index contributed by atoms with van der Waals surface area (Å²) < 4.78 is 4.76. The highest BCUT2D eigenvalue weighted by Crippen LogP contribution is 2.13. The van der Waals surface area contributed by atoms with Crippen molar-refractivity contribution in [3.63, 3.8) is 0 Å². The van der Waals surface area contributed by atoms with Gasteiger partial charge in [0.05, 0.1) is 6.61 Å².